The van der Waals surface area contributed by atoms with Crippen molar-refractivity contribution in [3.05, 3.63) is 82.9 Å². The van der Waals surface area contributed by atoms with E-state index in [2.05, 4.69) is 22.2 Å². The van der Waals surface area contributed by atoms with Gasteiger partial charge >= 0.3 is 6.09 Å². The number of hydrogen-bond donors (Lipinski definition) is 3. The van der Waals surface area contributed by atoms with E-state index in [1.54, 1.807) is 39.0 Å². The molecule has 0 bridgehead atoms. The van der Waals surface area contributed by atoms with Gasteiger partial charge in [0.15, 0.2) is 11.5 Å². The van der Waals surface area contributed by atoms with Crippen molar-refractivity contribution in [2.45, 2.75) is 38.9 Å². The van der Waals surface area contributed by atoms with E-state index in [9.17, 15) is 19.1 Å². The van der Waals surface area contributed by atoms with Gasteiger partial charge in [-0.15, -0.1) is 0 Å². The topological polar surface area (TPSA) is 128 Å². The molecule has 0 saturated carbocycles. The number of carbonyl (C=O) groups excluding carboxylic acids is 2. The number of alkyl carbamates (subject to hydrolysis) is 1. The number of nitrogens with zero attached hydrogens (tertiary/aromatic N) is 1. The van der Waals surface area contributed by atoms with Crippen LogP contribution in [0, 0.1) is 5.82 Å². The largest absolute Gasteiger partial charge is 0.494 e. The molecular formula is C31H39ClFN3O7. The van der Waals surface area contributed by atoms with Gasteiger partial charge in [0.1, 0.15) is 29.5 Å². The van der Waals surface area contributed by atoms with Crippen LogP contribution in [0.4, 0.5) is 9.18 Å². The quantitative estimate of drug-likeness (QED) is 0.116. The molecule has 12 heteroatoms. The zero-order valence-corrected chi connectivity index (χ0v) is 26.0. The van der Waals surface area contributed by atoms with Crippen molar-refractivity contribution in [3.63, 3.8) is 0 Å². The zero-order valence-electron chi connectivity index (χ0n) is 25.3. The van der Waals surface area contributed by atoms with Crippen LogP contribution >= 0.6 is 11.6 Å². The highest BCUT2D eigenvalue weighted by molar-refractivity contribution is 6.31. The Hall–Kier alpha value is -4.09. The minimum Gasteiger partial charge on any atom is -0.494 e. The predicted octanol–water partition coefficient (Wildman–Crippen LogP) is 5.08. The molecule has 0 spiro atoms. The predicted molar refractivity (Wildman–Crippen MR) is 164 cm³/mol. The van der Waals surface area contributed by atoms with Crippen LogP contribution in [0.25, 0.3) is 0 Å². The Balaban J connectivity index is 2.06. The van der Waals surface area contributed by atoms with E-state index < -0.39 is 29.0 Å². The number of benzene rings is 2. The van der Waals surface area contributed by atoms with E-state index in [1.165, 1.54) is 51.5 Å². The van der Waals surface area contributed by atoms with Crippen molar-refractivity contribution < 1.29 is 38.0 Å². The Bertz CT molecular complexity index is 1350. The van der Waals surface area contributed by atoms with E-state index >= 15 is 0 Å². The van der Waals surface area contributed by atoms with Crippen LogP contribution in [-0.2, 0) is 9.47 Å². The van der Waals surface area contributed by atoms with Gasteiger partial charge in [-0.1, -0.05) is 24.3 Å². The molecule has 0 saturated heterocycles. The normalized spacial score (nSPS) is 13.4. The number of halogens is 2. The first-order valence-electron chi connectivity index (χ1n) is 13.3. The van der Waals surface area contributed by atoms with Gasteiger partial charge in [0.25, 0.3) is 5.91 Å². The molecule has 2 rings (SSSR count). The Morgan fingerprint density at radius 2 is 1.77 bits per heavy atom. The van der Waals surface area contributed by atoms with Gasteiger partial charge in [0.05, 0.1) is 37.9 Å². The molecule has 1 unspecified atom stereocenters. The van der Waals surface area contributed by atoms with Gasteiger partial charge in [-0.3, -0.25) is 9.79 Å². The number of amides is 2. The molecule has 3 N–H and O–H groups in total. The molecular weight excluding hydrogens is 581 g/mol. The first kappa shape index (κ1) is 35.1. The third kappa shape index (κ3) is 11.6. The number of hydrogen-bond acceptors (Lipinski definition) is 8. The summed E-state index contributed by atoms with van der Waals surface area (Å²) < 4.78 is 35.4. The molecule has 2 amide bonds. The highest BCUT2D eigenvalue weighted by atomic mass is 35.5. The summed E-state index contributed by atoms with van der Waals surface area (Å²) >= 11 is 5.97. The second-order valence-corrected chi connectivity index (χ2v) is 11.0. The summed E-state index contributed by atoms with van der Waals surface area (Å²) in [6, 6.07) is 8.72. The summed E-state index contributed by atoms with van der Waals surface area (Å²) in [5, 5.41) is 16.2. The van der Waals surface area contributed by atoms with Crippen molar-refractivity contribution >= 4 is 29.3 Å². The maximum atomic E-state index is 13.7. The highest BCUT2D eigenvalue weighted by Gasteiger charge is 2.24. The lowest BCUT2D eigenvalue weighted by Gasteiger charge is -2.23. The molecule has 2 aromatic rings. The standard InChI is InChI=1S/C31H39ClFN3O7/c1-8-9-25(40-6)27(20-10-12-23(33)22(32)16-20)35-18-31(5,39)19-36-28(37)21-11-13-24(26(17-21)41-7)42-15-14-34-29(38)43-30(2,3)4/h8-13,16-17,39H,1,14-15,18-19H2,2-7H3,(H,34,38)(H,36,37)/b25-9+,35-27?. The van der Waals surface area contributed by atoms with E-state index in [1.807, 2.05) is 0 Å². The van der Waals surface area contributed by atoms with E-state index in [0.717, 1.165) is 0 Å². The van der Waals surface area contributed by atoms with Gasteiger partial charge in [-0.2, -0.15) is 0 Å². The molecule has 0 aliphatic rings. The molecule has 0 heterocycles. The Morgan fingerprint density at radius 3 is 2.37 bits per heavy atom. The SMILES string of the molecule is C=C/C=C(/OC)C(=NCC(C)(O)CNC(=O)c1ccc(OCCNC(=O)OC(C)(C)C)c(OC)c1)c1ccc(F)c(Cl)c1. The van der Waals surface area contributed by atoms with Crippen LogP contribution in [0.1, 0.15) is 43.6 Å². The van der Waals surface area contributed by atoms with Crippen LogP contribution in [0.15, 0.2) is 65.9 Å². The lowest BCUT2D eigenvalue weighted by Crippen LogP contribution is -2.43. The smallest absolute Gasteiger partial charge is 0.407 e. The number of aliphatic hydroxyl groups is 1. The monoisotopic (exact) mass is 619 g/mol. The molecule has 0 radical (unpaired) electrons. The lowest BCUT2D eigenvalue weighted by molar-refractivity contribution is 0.0520. The second-order valence-electron chi connectivity index (χ2n) is 10.6. The number of carbonyl (C=O) groups is 2. The maximum Gasteiger partial charge on any atom is 0.407 e. The highest BCUT2D eigenvalue weighted by Crippen LogP contribution is 2.28. The number of methoxy groups -OCH3 is 2. The van der Waals surface area contributed by atoms with E-state index in [0.29, 0.717) is 28.5 Å². The summed E-state index contributed by atoms with van der Waals surface area (Å²) in [5.41, 5.74) is -1.02. The zero-order chi connectivity index (χ0) is 32.2. The van der Waals surface area contributed by atoms with Gasteiger partial charge in [-0.05, 0) is 70.2 Å². The molecule has 234 valence electrons. The van der Waals surface area contributed by atoms with Crippen LogP contribution < -0.4 is 20.1 Å². The van der Waals surface area contributed by atoms with Gasteiger partial charge in [0.2, 0.25) is 0 Å². The third-order valence-corrected chi connectivity index (χ3v) is 5.87. The van der Waals surface area contributed by atoms with Gasteiger partial charge in [0, 0.05) is 17.7 Å². The summed E-state index contributed by atoms with van der Waals surface area (Å²) in [6.07, 6.45) is 2.52. The van der Waals surface area contributed by atoms with E-state index in [-0.39, 0.29) is 36.8 Å². The Morgan fingerprint density at radius 1 is 1.07 bits per heavy atom. The van der Waals surface area contributed by atoms with Gasteiger partial charge < -0.3 is 34.7 Å². The molecule has 10 nitrogen and oxygen atoms in total. The number of ether oxygens (including phenoxy) is 4. The molecule has 2 aromatic carbocycles. The third-order valence-electron chi connectivity index (χ3n) is 5.58. The summed E-state index contributed by atoms with van der Waals surface area (Å²) in [5.74, 6) is -0.0354. The van der Waals surface area contributed by atoms with Crippen molar-refractivity contribution in [2.75, 3.05) is 40.5 Å². The number of nitrogens with one attached hydrogen (secondary N) is 2. The lowest BCUT2D eigenvalue weighted by atomic mass is 10.0. The summed E-state index contributed by atoms with van der Waals surface area (Å²) in [7, 11) is 2.88. The fraction of sp³-hybridized carbons (Fsp3) is 0.387. The molecule has 0 fully saturated rings. The van der Waals surface area contributed by atoms with Crippen LogP contribution in [0.5, 0.6) is 11.5 Å². The minimum atomic E-state index is -1.47. The second kappa shape index (κ2) is 15.9. The molecule has 1 atom stereocenters. The summed E-state index contributed by atoms with van der Waals surface area (Å²) in [4.78, 5) is 29.2. The Labute approximate surface area is 256 Å². The van der Waals surface area contributed by atoms with Crippen LogP contribution in [0.3, 0.4) is 0 Å². The fourth-order valence-electron chi connectivity index (χ4n) is 3.54. The molecule has 0 aliphatic carbocycles. The maximum absolute atomic E-state index is 13.7. The average molecular weight is 620 g/mol. The average Bonchev–Trinajstić information content (AvgIpc) is 2.94. The van der Waals surface area contributed by atoms with Gasteiger partial charge in [-0.25, -0.2) is 9.18 Å². The first-order valence-corrected chi connectivity index (χ1v) is 13.7. The minimum absolute atomic E-state index is 0.0948. The van der Waals surface area contributed by atoms with Crippen molar-refractivity contribution in [1.82, 2.24) is 10.6 Å². The Kier molecular flexibility index (Phi) is 13.0. The van der Waals surface area contributed by atoms with Crippen LogP contribution in [-0.4, -0.2) is 74.5 Å². The number of rotatable bonds is 14. The number of allylic oxidation sites excluding steroid dienone is 3. The number of aliphatic imine (C=N–C) groups is 1. The van der Waals surface area contributed by atoms with Crippen molar-refractivity contribution in [3.8, 4) is 11.5 Å². The van der Waals surface area contributed by atoms with Crippen molar-refractivity contribution in [1.29, 1.82) is 0 Å². The molecule has 0 aliphatic heterocycles. The molecule has 0 aromatic heterocycles. The summed E-state index contributed by atoms with van der Waals surface area (Å²) in [6.45, 7) is 10.5. The first-order chi connectivity index (χ1) is 20.2. The molecule has 43 heavy (non-hydrogen) atoms. The van der Waals surface area contributed by atoms with Crippen molar-refractivity contribution in [2.24, 2.45) is 4.99 Å². The fourth-order valence-corrected chi connectivity index (χ4v) is 3.72. The van der Waals surface area contributed by atoms with E-state index in [4.69, 9.17) is 30.5 Å². The van der Waals surface area contributed by atoms with Crippen LogP contribution in [0.2, 0.25) is 5.02 Å².